The van der Waals surface area contributed by atoms with E-state index in [9.17, 15) is 0 Å². The summed E-state index contributed by atoms with van der Waals surface area (Å²) in [6, 6.07) is 0. The number of hydrogen-bond acceptors (Lipinski definition) is 6. The molecule has 1 saturated heterocycles. The molecule has 0 spiro atoms. The topological polar surface area (TPSA) is 62.3 Å². The van der Waals surface area contributed by atoms with E-state index in [4.69, 9.17) is 4.74 Å². The molecule has 112 valence electrons. The van der Waals surface area contributed by atoms with Gasteiger partial charge < -0.3 is 20.3 Å². The standard InChI is InChI=1S/C14H25N5O/c1-3-20-14-12(2)13(17-11-18-14)16-5-4-8-19-9-6-15-7-10-19/h11,15H,3-10H2,1-2H3,(H,16,17,18). The molecule has 0 unspecified atom stereocenters. The fraction of sp³-hybridized carbons (Fsp3) is 0.714. The van der Waals surface area contributed by atoms with Gasteiger partial charge in [-0.3, -0.25) is 0 Å². The fourth-order valence-electron chi connectivity index (χ4n) is 2.34. The van der Waals surface area contributed by atoms with Crippen molar-refractivity contribution < 1.29 is 4.74 Å². The minimum absolute atomic E-state index is 0.625. The Morgan fingerprint density at radius 1 is 1.35 bits per heavy atom. The summed E-state index contributed by atoms with van der Waals surface area (Å²) in [4.78, 5) is 10.9. The Hall–Kier alpha value is -1.40. The van der Waals surface area contributed by atoms with Crippen LogP contribution < -0.4 is 15.4 Å². The van der Waals surface area contributed by atoms with Crippen molar-refractivity contribution in [3.8, 4) is 5.88 Å². The van der Waals surface area contributed by atoms with Gasteiger partial charge in [0.15, 0.2) is 0 Å². The number of anilines is 1. The van der Waals surface area contributed by atoms with Gasteiger partial charge in [-0.1, -0.05) is 0 Å². The second-order valence-corrected chi connectivity index (χ2v) is 4.96. The van der Waals surface area contributed by atoms with Gasteiger partial charge in [0.25, 0.3) is 0 Å². The number of rotatable bonds is 7. The minimum atomic E-state index is 0.625. The highest BCUT2D eigenvalue weighted by Gasteiger charge is 2.09. The van der Waals surface area contributed by atoms with Crippen molar-refractivity contribution in [2.75, 3.05) is 51.2 Å². The van der Waals surface area contributed by atoms with Crippen LogP contribution in [0, 0.1) is 6.92 Å². The zero-order valence-electron chi connectivity index (χ0n) is 12.5. The van der Waals surface area contributed by atoms with Crippen molar-refractivity contribution in [3.63, 3.8) is 0 Å². The van der Waals surface area contributed by atoms with Crippen LogP contribution in [0.5, 0.6) is 5.88 Å². The molecule has 6 heteroatoms. The highest BCUT2D eigenvalue weighted by molar-refractivity contribution is 5.47. The normalized spacial score (nSPS) is 16.1. The van der Waals surface area contributed by atoms with Crippen molar-refractivity contribution in [1.29, 1.82) is 0 Å². The molecule has 1 aliphatic heterocycles. The predicted molar refractivity (Wildman–Crippen MR) is 80.4 cm³/mol. The van der Waals surface area contributed by atoms with Gasteiger partial charge in [0.05, 0.1) is 12.2 Å². The summed E-state index contributed by atoms with van der Waals surface area (Å²) >= 11 is 0. The van der Waals surface area contributed by atoms with E-state index in [0.717, 1.165) is 57.1 Å². The lowest BCUT2D eigenvalue weighted by Gasteiger charge is -2.27. The number of piperazine rings is 1. The van der Waals surface area contributed by atoms with E-state index in [-0.39, 0.29) is 0 Å². The van der Waals surface area contributed by atoms with E-state index in [2.05, 4.69) is 25.5 Å². The lowest BCUT2D eigenvalue weighted by molar-refractivity contribution is 0.240. The Labute approximate surface area is 120 Å². The highest BCUT2D eigenvalue weighted by atomic mass is 16.5. The zero-order valence-corrected chi connectivity index (χ0v) is 12.5. The minimum Gasteiger partial charge on any atom is -0.478 e. The number of nitrogens with one attached hydrogen (secondary N) is 2. The molecule has 20 heavy (non-hydrogen) atoms. The molecule has 0 saturated carbocycles. The third-order valence-corrected chi connectivity index (χ3v) is 3.47. The maximum absolute atomic E-state index is 5.47. The van der Waals surface area contributed by atoms with Crippen molar-refractivity contribution >= 4 is 5.82 Å². The third-order valence-electron chi connectivity index (χ3n) is 3.47. The zero-order chi connectivity index (χ0) is 14.2. The second kappa shape index (κ2) is 8.01. The summed E-state index contributed by atoms with van der Waals surface area (Å²) in [5.41, 5.74) is 0.983. The number of ether oxygens (including phenoxy) is 1. The summed E-state index contributed by atoms with van der Waals surface area (Å²) in [5, 5.41) is 6.75. The fourth-order valence-corrected chi connectivity index (χ4v) is 2.34. The van der Waals surface area contributed by atoms with Crippen molar-refractivity contribution in [3.05, 3.63) is 11.9 Å². The van der Waals surface area contributed by atoms with Crippen LogP contribution in [0.2, 0.25) is 0 Å². The first-order valence-electron chi connectivity index (χ1n) is 7.42. The summed E-state index contributed by atoms with van der Waals surface area (Å²) in [6.07, 6.45) is 2.67. The van der Waals surface area contributed by atoms with Crippen LogP contribution in [0.15, 0.2) is 6.33 Å². The molecule has 0 radical (unpaired) electrons. The van der Waals surface area contributed by atoms with E-state index in [1.54, 1.807) is 6.33 Å². The Bertz CT molecular complexity index is 407. The first-order valence-corrected chi connectivity index (χ1v) is 7.42. The molecule has 2 rings (SSSR count). The van der Waals surface area contributed by atoms with Gasteiger partial charge in [-0.05, 0) is 26.8 Å². The van der Waals surface area contributed by atoms with Crippen LogP contribution in [0.25, 0.3) is 0 Å². The molecule has 2 N–H and O–H groups in total. The van der Waals surface area contributed by atoms with Gasteiger partial charge in [0, 0.05) is 32.7 Å². The smallest absolute Gasteiger partial charge is 0.221 e. The maximum Gasteiger partial charge on any atom is 0.221 e. The van der Waals surface area contributed by atoms with E-state index in [1.165, 1.54) is 0 Å². The summed E-state index contributed by atoms with van der Waals surface area (Å²) in [5.74, 6) is 1.55. The van der Waals surface area contributed by atoms with Crippen LogP contribution in [-0.2, 0) is 0 Å². The van der Waals surface area contributed by atoms with Crippen molar-refractivity contribution in [2.24, 2.45) is 0 Å². The molecular weight excluding hydrogens is 254 g/mol. The molecule has 1 fully saturated rings. The Balaban J connectivity index is 1.74. The van der Waals surface area contributed by atoms with E-state index >= 15 is 0 Å². The Kier molecular flexibility index (Phi) is 6.01. The molecule has 1 aliphatic rings. The monoisotopic (exact) mass is 279 g/mol. The third kappa shape index (κ3) is 4.31. The van der Waals surface area contributed by atoms with E-state index < -0.39 is 0 Å². The number of hydrogen-bond donors (Lipinski definition) is 2. The molecular formula is C14H25N5O. The molecule has 6 nitrogen and oxygen atoms in total. The predicted octanol–water partition coefficient (Wildman–Crippen LogP) is 0.891. The Morgan fingerprint density at radius 3 is 2.90 bits per heavy atom. The maximum atomic E-state index is 5.47. The molecule has 0 bridgehead atoms. The van der Waals surface area contributed by atoms with Gasteiger partial charge in [0.1, 0.15) is 12.1 Å². The highest BCUT2D eigenvalue weighted by Crippen LogP contribution is 2.19. The quantitative estimate of drug-likeness (QED) is 0.723. The van der Waals surface area contributed by atoms with Gasteiger partial charge in [-0.25, -0.2) is 9.97 Å². The van der Waals surface area contributed by atoms with E-state index in [1.807, 2.05) is 13.8 Å². The van der Waals surface area contributed by atoms with Crippen molar-refractivity contribution in [2.45, 2.75) is 20.3 Å². The number of aromatic nitrogens is 2. The average Bonchev–Trinajstić information content (AvgIpc) is 2.48. The van der Waals surface area contributed by atoms with Gasteiger partial charge in [-0.2, -0.15) is 0 Å². The first-order chi connectivity index (χ1) is 9.81. The van der Waals surface area contributed by atoms with Crippen LogP contribution in [0.1, 0.15) is 18.9 Å². The SMILES string of the molecule is CCOc1ncnc(NCCCN2CCNCC2)c1C. The van der Waals surface area contributed by atoms with Gasteiger partial charge in [0.2, 0.25) is 5.88 Å². The van der Waals surface area contributed by atoms with Crippen LogP contribution in [0.3, 0.4) is 0 Å². The largest absolute Gasteiger partial charge is 0.478 e. The first kappa shape index (κ1) is 15.0. The van der Waals surface area contributed by atoms with E-state index in [0.29, 0.717) is 12.5 Å². The average molecular weight is 279 g/mol. The Morgan fingerprint density at radius 2 is 2.15 bits per heavy atom. The lowest BCUT2D eigenvalue weighted by atomic mass is 10.3. The lowest BCUT2D eigenvalue weighted by Crippen LogP contribution is -2.44. The molecule has 1 aromatic heterocycles. The van der Waals surface area contributed by atoms with Crippen LogP contribution >= 0.6 is 0 Å². The number of nitrogens with zero attached hydrogens (tertiary/aromatic N) is 3. The van der Waals surface area contributed by atoms with Crippen LogP contribution in [-0.4, -0.2) is 60.7 Å². The van der Waals surface area contributed by atoms with Crippen LogP contribution in [0.4, 0.5) is 5.82 Å². The molecule has 1 aromatic rings. The summed E-state index contributed by atoms with van der Waals surface area (Å²) in [6.45, 7) is 11.2. The summed E-state index contributed by atoms with van der Waals surface area (Å²) < 4.78 is 5.47. The molecule has 2 heterocycles. The molecule has 0 amide bonds. The van der Waals surface area contributed by atoms with Crippen molar-refractivity contribution in [1.82, 2.24) is 20.2 Å². The van der Waals surface area contributed by atoms with Gasteiger partial charge in [-0.15, -0.1) is 0 Å². The second-order valence-electron chi connectivity index (χ2n) is 4.96. The summed E-state index contributed by atoms with van der Waals surface area (Å²) in [7, 11) is 0. The molecule has 0 atom stereocenters. The molecule has 0 aromatic carbocycles. The van der Waals surface area contributed by atoms with Gasteiger partial charge >= 0.3 is 0 Å². The molecule has 0 aliphatic carbocycles.